The Kier molecular flexibility index (Phi) is 6.23. The number of amides is 2. The van der Waals surface area contributed by atoms with Crippen molar-refractivity contribution in [2.24, 2.45) is 5.41 Å². The van der Waals surface area contributed by atoms with E-state index in [0.717, 1.165) is 25.7 Å². The molecule has 2 fully saturated rings. The van der Waals surface area contributed by atoms with Crippen molar-refractivity contribution in [1.82, 2.24) is 10.2 Å². The Hall–Kier alpha value is -2.15. The highest BCUT2D eigenvalue weighted by Gasteiger charge is 2.54. The van der Waals surface area contributed by atoms with Gasteiger partial charge in [0.2, 0.25) is 5.91 Å². The number of hydrogen-bond donors (Lipinski definition) is 2. The second-order valence-corrected chi connectivity index (χ2v) is 8.15. The number of ether oxygens (including phenoxy) is 1. The fourth-order valence-corrected chi connectivity index (χ4v) is 4.76. The van der Waals surface area contributed by atoms with E-state index in [1.807, 2.05) is 4.90 Å². The lowest BCUT2D eigenvalue weighted by molar-refractivity contribution is -0.134. The normalized spacial score (nSPS) is 29.7. The first-order chi connectivity index (χ1) is 13.3. The van der Waals surface area contributed by atoms with Crippen LogP contribution in [0.5, 0.6) is 5.75 Å². The standard InChI is InChI=1S/C21H29FN2O4/c1-14(25)24-16(11-21(2)18(24)5-3-4-6-19(21)26)12-23-20(27)13-28-17-9-7-15(22)8-10-17/h7-10,16,18-19,26H,3-6,11-13H2,1-2H3,(H,23,27)/t16-,18-,19+,21-/m1/s1. The summed E-state index contributed by atoms with van der Waals surface area (Å²) in [5.74, 6) is -0.272. The number of carbonyl (C=O) groups is 2. The van der Waals surface area contributed by atoms with Crippen molar-refractivity contribution < 1.29 is 23.8 Å². The van der Waals surface area contributed by atoms with Gasteiger partial charge in [0.05, 0.1) is 12.1 Å². The first kappa shape index (κ1) is 20.6. The molecule has 0 bridgehead atoms. The zero-order valence-corrected chi connectivity index (χ0v) is 16.5. The van der Waals surface area contributed by atoms with Gasteiger partial charge in [0.1, 0.15) is 11.6 Å². The number of aliphatic hydroxyl groups excluding tert-OH is 1. The van der Waals surface area contributed by atoms with Gasteiger partial charge in [-0.15, -0.1) is 0 Å². The highest BCUT2D eigenvalue weighted by molar-refractivity contribution is 5.78. The van der Waals surface area contributed by atoms with Gasteiger partial charge >= 0.3 is 0 Å². The van der Waals surface area contributed by atoms with E-state index in [4.69, 9.17) is 4.74 Å². The molecule has 1 aromatic rings. The summed E-state index contributed by atoms with van der Waals surface area (Å²) < 4.78 is 18.3. The lowest BCUT2D eigenvalue weighted by Crippen LogP contribution is -2.48. The van der Waals surface area contributed by atoms with Crippen molar-refractivity contribution in [3.05, 3.63) is 30.1 Å². The molecule has 28 heavy (non-hydrogen) atoms. The van der Waals surface area contributed by atoms with Crippen LogP contribution in [0.25, 0.3) is 0 Å². The Morgan fingerprint density at radius 3 is 2.64 bits per heavy atom. The topological polar surface area (TPSA) is 78.9 Å². The zero-order chi connectivity index (χ0) is 20.3. The number of carbonyl (C=O) groups excluding carboxylic acids is 2. The summed E-state index contributed by atoms with van der Waals surface area (Å²) in [6.45, 7) is 3.75. The van der Waals surface area contributed by atoms with Crippen LogP contribution in [-0.2, 0) is 9.59 Å². The van der Waals surface area contributed by atoms with Crippen LogP contribution >= 0.6 is 0 Å². The van der Waals surface area contributed by atoms with Gasteiger partial charge < -0.3 is 20.1 Å². The van der Waals surface area contributed by atoms with E-state index < -0.39 is 6.10 Å². The highest BCUT2D eigenvalue weighted by atomic mass is 19.1. The summed E-state index contributed by atoms with van der Waals surface area (Å²) in [5, 5.41) is 13.5. The number of halogens is 1. The molecular formula is C21H29FN2O4. The van der Waals surface area contributed by atoms with Gasteiger partial charge in [-0.05, 0) is 43.5 Å². The average Bonchev–Trinajstić information content (AvgIpc) is 2.88. The predicted molar refractivity (Wildman–Crippen MR) is 102 cm³/mol. The van der Waals surface area contributed by atoms with E-state index in [1.165, 1.54) is 24.3 Å². The number of fused-ring (bicyclic) bond motifs is 1. The molecule has 1 saturated heterocycles. The Balaban J connectivity index is 1.58. The molecule has 7 heteroatoms. The van der Waals surface area contributed by atoms with Gasteiger partial charge in [-0.1, -0.05) is 19.8 Å². The van der Waals surface area contributed by atoms with Gasteiger partial charge in [0, 0.05) is 24.9 Å². The Morgan fingerprint density at radius 1 is 1.29 bits per heavy atom. The van der Waals surface area contributed by atoms with Crippen molar-refractivity contribution in [3.8, 4) is 5.75 Å². The smallest absolute Gasteiger partial charge is 0.258 e. The van der Waals surface area contributed by atoms with Crippen molar-refractivity contribution >= 4 is 11.8 Å². The molecule has 2 amide bonds. The number of rotatable bonds is 5. The molecule has 0 radical (unpaired) electrons. The summed E-state index contributed by atoms with van der Waals surface area (Å²) >= 11 is 0. The van der Waals surface area contributed by atoms with E-state index in [1.54, 1.807) is 6.92 Å². The molecule has 4 atom stereocenters. The summed E-state index contributed by atoms with van der Waals surface area (Å²) in [7, 11) is 0. The first-order valence-corrected chi connectivity index (χ1v) is 9.93. The van der Waals surface area contributed by atoms with E-state index >= 15 is 0 Å². The van der Waals surface area contributed by atoms with Crippen LogP contribution in [-0.4, -0.2) is 53.2 Å². The molecule has 6 nitrogen and oxygen atoms in total. The number of hydrogen-bond acceptors (Lipinski definition) is 4. The summed E-state index contributed by atoms with van der Waals surface area (Å²) in [6, 6.07) is 5.33. The highest BCUT2D eigenvalue weighted by Crippen LogP contribution is 2.48. The summed E-state index contributed by atoms with van der Waals surface area (Å²) in [5.41, 5.74) is -0.345. The molecule has 2 N–H and O–H groups in total. The van der Waals surface area contributed by atoms with E-state index in [0.29, 0.717) is 18.7 Å². The Morgan fingerprint density at radius 2 is 1.96 bits per heavy atom. The SMILES string of the molecule is CC(=O)N1[C@@H](CNC(=O)COc2ccc(F)cc2)C[C@@]2(C)[C@@H](O)CCCC[C@@H]12. The largest absolute Gasteiger partial charge is 0.484 e. The molecule has 1 saturated carbocycles. The third-order valence-corrected chi connectivity index (χ3v) is 6.21. The molecule has 1 aliphatic heterocycles. The molecule has 1 aliphatic carbocycles. The van der Waals surface area contributed by atoms with E-state index in [9.17, 15) is 19.1 Å². The van der Waals surface area contributed by atoms with Gasteiger partial charge in [0.25, 0.3) is 5.91 Å². The molecule has 0 unspecified atom stereocenters. The Labute approximate surface area is 165 Å². The number of likely N-dealkylation sites (tertiary alicyclic amines) is 1. The Bertz CT molecular complexity index is 711. The summed E-state index contributed by atoms with van der Waals surface area (Å²) in [6.07, 6.45) is 3.82. The van der Waals surface area contributed by atoms with Crippen LogP contribution in [0.4, 0.5) is 4.39 Å². The minimum Gasteiger partial charge on any atom is -0.484 e. The minimum absolute atomic E-state index is 0.000123. The van der Waals surface area contributed by atoms with Gasteiger partial charge in [-0.3, -0.25) is 9.59 Å². The molecule has 1 heterocycles. The van der Waals surface area contributed by atoms with E-state index in [-0.39, 0.29) is 41.7 Å². The third kappa shape index (κ3) is 4.29. The average molecular weight is 392 g/mol. The zero-order valence-electron chi connectivity index (χ0n) is 16.5. The monoisotopic (exact) mass is 392 g/mol. The fourth-order valence-electron chi connectivity index (χ4n) is 4.76. The molecule has 0 spiro atoms. The third-order valence-electron chi connectivity index (χ3n) is 6.21. The lowest BCUT2D eigenvalue weighted by Gasteiger charge is -2.37. The van der Waals surface area contributed by atoms with Gasteiger partial charge in [-0.2, -0.15) is 0 Å². The lowest BCUT2D eigenvalue weighted by atomic mass is 9.75. The maximum absolute atomic E-state index is 12.9. The molecule has 1 aromatic carbocycles. The molecule has 3 rings (SSSR count). The number of aliphatic hydroxyl groups is 1. The number of benzene rings is 1. The van der Waals surface area contributed by atoms with Crippen molar-refractivity contribution in [1.29, 1.82) is 0 Å². The second-order valence-electron chi connectivity index (χ2n) is 8.15. The molecule has 2 aliphatic rings. The van der Waals surface area contributed by atoms with E-state index in [2.05, 4.69) is 12.2 Å². The van der Waals surface area contributed by atoms with Crippen LogP contribution in [0.3, 0.4) is 0 Å². The van der Waals surface area contributed by atoms with Crippen LogP contribution in [0.15, 0.2) is 24.3 Å². The minimum atomic E-state index is -0.440. The number of nitrogens with one attached hydrogen (secondary N) is 1. The molecule has 154 valence electrons. The molecule has 0 aromatic heterocycles. The van der Waals surface area contributed by atoms with Crippen molar-refractivity contribution in [3.63, 3.8) is 0 Å². The summed E-state index contributed by atoms with van der Waals surface area (Å²) in [4.78, 5) is 26.4. The van der Waals surface area contributed by atoms with Crippen molar-refractivity contribution in [2.45, 2.75) is 64.1 Å². The number of nitrogens with zero attached hydrogens (tertiary/aromatic N) is 1. The van der Waals surface area contributed by atoms with Gasteiger partial charge in [-0.25, -0.2) is 4.39 Å². The van der Waals surface area contributed by atoms with Crippen molar-refractivity contribution in [2.75, 3.05) is 13.2 Å². The van der Waals surface area contributed by atoms with Crippen LogP contribution in [0.2, 0.25) is 0 Å². The maximum Gasteiger partial charge on any atom is 0.258 e. The van der Waals surface area contributed by atoms with Crippen LogP contribution in [0, 0.1) is 11.2 Å². The quantitative estimate of drug-likeness (QED) is 0.806. The maximum atomic E-state index is 12.9. The van der Waals surface area contributed by atoms with Crippen LogP contribution in [0.1, 0.15) is 46.0 Å². The predicted octanol–water partition coefficient (Wildman–Crippen LogP) is 2.25. The second kappa shape index (κ2) is 8.47. The fraction of sp³-hybridized carbons (Fsp3) is 0.619. The van der Waals surface area contributed by atoms with Crippen LogP contribution < -0.4 is 10.1 Å². The molecular weight excluding hydrogens is 363 g/mol. The van der Waals surface area contributed by atoms with Gasteiger partial charge in [0.15, 0.2) is 6.61 Å². The first-order valence-electron chi connectivity index (χ1n) is 9.93.